The van der Waals surface area contributed by atoms with Gasteiger partial charge in [-0.2, -0.15) is 0 Å². The number of nitrogens with zero attached hydrogens (tertiary/aromatic N) is 2. The summed E-state index contributed by atoms with van der Waals surface area (Å²) in [6.07, 6.45) is 0. The molecule has 0 unspecified atom stereocenters. The quantitative estimate of drug-likeness (QED) is 0.452. The summed E-state index contributed by atoms with van der Waals surface area (Å²) in [6, 6.07) is 8.65. The Balaban J connectivity index is 0.000000434. The van der Waals surface area contributed by atoms with Gasteiger partial charge in [0.05, 0.1) is 0 Å². The number of likely N-dealkylation sites (N-methyl/N-ethyl adjacent to an activating group) is 1. The molecule has 135 valence electrons. The number of benzene rings is 1. The maximum Gasteiger partial charge on any atom is 2.00 e. The first kappa shape index (κ1) is 22.9. The van der Waals surface area contributed by atoms with E-state index in [9.17, 15) is 0 Å². The monoisotopic (exact) mass is 397 g/mol. The van der Waals surface area contributed by atoms with Crippen LogP contribution in [0.15, 0.2) is 24.3 Å². The van der Waals surface area contributed by atoms with E-state index in [-0.39, 0.29) is 22.5 Å². The summed E-state index contributed by atoms with van der Waals surface area (Å²) in [6.45, 7) is 23.9. The van der Waals surface area contributed by atoms with Gasteiger partial charge < -0.3 is 9.55 Å². The predicted molar refractivity (Wildman–Crippen MR) is 107 cm³/mol. The fourth-order valence-electron chi connectivity index (χ4n) is 3.07. The van der Waals surface area contributed by atoms with Gasteiger partial charge in [-0.15, -0.1) is 5.41 Å². The van der Waals surface area contributed by atoms with Crippen LogP contribution in [-0.4, -0.2) is 23.0 Å². The van der Waals surface area contributed by atoms with Gasteiger partial charge in [-0.05, 0) is 18.2 Å². The van der Waals surface area contributed by atoms with E-state index in [0.717, 1.165) is 6.54 Å². The molecule has 5 heteroatoms. The molecule has 1 aromatic carbocycles. The summed E-state index contributed by atoms with van der Waals surface area (Å²) < 4.78 is 4.82. The summed E-state index contributed by atoms with van der Waals surface area (Å²) in [4.78, 5) is 2.33. The molecule has 0 atom stereocenters. The van der Waals surface area contributed by atoms with E-state index >= 15 is 0 Å². The average Bonchev–Trinajstić information content (AvgIpc) is 2.58. The zero-order valence-electron chi connectivity index (χ0n) is 16.3. The van der Waals surface area contributed by atoms with Crippen molar-refractivity contribution in [3.8, 4) is 0 Å². The van der Waals surface area contributed by atoms with E-state index in [1.165, 1.54) is 11.3 Å². The van der Waals surface area contributed by atoms with Crippen molar-refractivity contribution < 1.29 is 17.1 Å². The minimum atomic E-state index is -1.11. The van der Waals surface area contributed by atoms with Crippen molar-refractivity contribution in [3.63, 3.8) is 0 Å². The summed E-state index contributed by atoms with van der Waals surface area (Å²) in [5, 5.41) is 0. The smallest absolute Gasteiger partial charge is 0.668 e. The van der Waals surface area contributed by atoms with Crippen molar-refractivity contribution in [1.82, 2.24) is 0 Å². The summed E-state index contributed by atoms with van der Waals surface area (Å²) >= 11 is 0. The molecule has 0 amide bonds. The van der Waals surface area contributed by atoms with Crippen molar-refractivity contribution in [2.24, 2.45) is 0 Å². The third-order valence-corrected chi connectivity index (χ3v) is 8.76. The zero-order valence-corrected chi connectivity index (χ0v) is 19.2. The average molecular weight is 398 g/mol. The Hall–Kier alpha value is -0.0668. The molecule has 1 aliphatic heterocycles. The minimum Gasteiger partial charge on any atom is -0.668 e. The van der Waals surface area contributed by atoms with Crippen molar-refractivity contribution in [2.45, 2.75) is 65.5 Å². The van der Waals surface area contributed by atoms with Gasteiger partial charge in [-0.1, -0.05) is 94.7 Å². The molecule has 0 saturated heterocycles. The SMILES string of the molecule is CCN1[CH-]C(C)(C)c2ccccc21.C[Si](C)(C)[N-][Si](C)(C)C.[Cu+2]. The molecule has 1 aliphatic rings. The van der Waals surface area contributed by atoms with Crippen molar-refractivity contribution in [3.05, 3.63) is 41.0 Å². The van der Waals surface area contributed by atoms with E-state index in [2.05, 4.69) is 95.8 Å². The van der Waals surface area contributed by atoms with Crippen LogP contribution < -0.4 is 4.90 Å². The molecule has 1 aromatic rings. The molecule has 2 nitrogen and oxygen atoms in total. The third kappa shape index (κ3) is 7.57. The molecule has 0 aromatic heterocycles. The Morgan fingerprint density at radius 3 is 1.87 bits per heavy atom. The summed E-state index contributed by atoms with van der Waals surface area (Å²) in [5.74, 6) is 0. The van der Waals surface area contributed by atoms with Crippen LogP contribution in [-0.2, 0) is 22.5 Å². The first-order chi connectivity index (χ1) is 9.86. The Bertz CT molecular complexity index is 479. The van der Waals surface area contributed by atoms with Crippen LogP contribution in [0, 0.1) is 6.54 Å². The Labute approximate surface area is 157 Å². The fraction of sp³-hybridized carbons (Fsp3) is 0.611. The minimum absolute atomic E-state index is 0. The van der Waals surface area contributed by atoms with E-state index < -0.39 is 16.5 Å². The maximum absolute atomic E-state index is 4.82. The molecular weight excluding hydrogens is 364 g/mol. The molecule has 0 saturated carbocycles. The molecule has 0 bridgehead atoms. The number of anilines is 1. The number of hydrogen-bond acceptors (Lipinski definition) is 1. The van der Waals surface area contributed by atoms with Crippen LogP contribution >= 0.6 is 0 Å². The van der Waals surface area contributed by atoms with Crippen LogP contribution in [0.5, 0.6) is 0 Å². The number of hydrogen-bond donors (Lipinski definition) is 0. The molecule has 0 aliphatic carbocycles. The van der Waals surface area contributed by atoms with Gasteiger partial charge in [0, 0.05) is 5.69 Å². The topological polar surface area (TPSA) is 17.3 Å². The molecule has 1 heterocycles. The summed E-state index contributed by atoms with van der Waals surface area (Å²) in [7, 11) is -2.21. The largest absolute Gasteiger partial charge is 2.00 e. The predicted octanol–water partition coefficient (Wildman–Crippen LogP) is 5.99. The van der Waals surface area contributed by atoms with Crippen molar-refractivity contribution in [2.75, 3.05) is 11.4 Å². The van der Waals surface area contributed by atoms with Crippen LogP contribution in [0.2, 0.25) is 39.3 Å². The second-order valence-corrected chi connectivity index (χ2v) is 18.2. The van der Waals surface area contributed by atoms with Gasteiger partial charge in [-0.3, -0.25) is 0 Å². The van der Waals surface area contributed by atoms with Gasteiger partial charge in [0.25, 0.3) is 0 Å². The van der Waals surface area contributed by atoms with E-state index in [1.54, 1.807) is 0 Å². The van der Waals surface area contributed by atoms with Gasteiger partial charge in [0.2, 0.25) is 0 Å². The Kier molecular flexibility index (Phi) is 8.32. The van der Waals surface area contributed by atoms with Crippen LogP contribution in [0.3, 0.4) is 0 Å². The summed E-state index contributed by atoms with van der Waals surface area (Å²) in [5.41, 5.74) is 3.01. The number of para-hydroxylation sites is 1. The normalized spacial score (nSPS) is 16.1. The number of rotatable bonds is 3. The molecule has 0 fully saturated rings. The Morgan fingerprint density at radius 2 is 1.48 bits per heavy atom. The van der Waals surface area contributed by atoms with Gasteiger partial charge in [0.15, 0.2) is 0 Å². The van der Waals surface area contributed by atoms with E-state index in [4.69, 9.17) is 4.65 Å². The first-order valence-electron chi connectivity index (χ1n) is 8.32. The van der Waals surface area contributed by atoms with Crippen molar-refractivity contribution >= 4 is 22.2 Å². The van der Waals surface area contributed by atoms with E-state index in [0.29, 0.717) is 0 Å². The first-order valence-corrected chi connectivity index (χ1v) is 15.2. The third-order valence-electron chi connectivity index (χ3n) is 3.40. The molecule has 23 heavy (non-hydrogen) atoms. The zero-order chi connectivity index (χ0) is 17.2. The second kappa shape index (κ2) is 8.35. The molecule has 0 spiro atoms. The standard InChI is InChI=1S/C12H16N.C6H18NSi2.Cu/c1-4-13-9-12(2,3)10-7-5-6-8-11(10)13;1-8(2,3)7-9(4,5)6;/h5-9H,4H2,1-3H3;1-6H3;/q2*-1;+2. The second-order valence-electron chi connectivity index (χ2n) is 8.61. The fourth-order valence-corrected chi connectivity index (χ4v) is 11.1. The van der Waals surface area contributed by atoms with Gasteiger partial charge in [-0.25, -0.2) is 6.54 Å². The number of fused-ring (bicyclic) bond motifs is 1. The van der Waals surface area contributed by atoms with Crippen molar-refractivity contribution in [1.29, 1.82) is 0 Å². The van der Waals surface area contributed by atoms with Gasteiger partial charge in [0.1, 0.15) is 0 Å². The maximum atomic E-state index is 4.82. The Morgan fingerprint density at radius 1 is 1.00 bits per heavy atom. The van der Waals surface area contributed by atoms with Crippen LogP contribution in [0.1, 0.15) is 26.3 Å². The molecule has 1 radical (unpaired) electrons. The molecule has 2 rings (SSSR count). The van der Waals surface area contributed by atoms with Gasteiger partial charge >= 0.3 is 17.1 Å². The van der Waals surface area contributed by atoms with Crippen LogP contribution in [0.4, 0.5) is 5.69 Å². The van der Waals surface area contributed by atoms with E-state index in [1.807, 2.05) is 0 Å². The van der Waals surface area contributed by atoms with Crippen LogP contribution in [0.25, 0.3) is 4.65 Å². The molecular formula is C18H34CuN2Si2. The molecule has 0 N–H and O–H groups in total.